The minimum Gasteiger partial charge on any atom is -0.489 e. The fourth-order valence-corrected chi connectivity index (χ4v) is 3.76. The second kappa shape index (κ2) is 11.3. The van der Waals surface area contributed by atoms with Gasteiger partial charge in [0.15, 0.2) is 11.5 Å². The number of amides is 1. The van der Waals surface area contributed by atoms with Crippen molar-refractivity contribution in [3.63, 3.8) is 0 Å². The van der Waals surface area contributed by atoms with Crippen LogP contribution in [0.5, 0.6) is 11.5 Å². The van der Waals surface area contributed by atoms with Crippen molar-refractivity contribution in [2.45, 2.75) is 52.2 Å². The Morgan fingerprint density at radius 3 is 2.32 bits per heavy atom. The molecule has 1 saturated heterocycles. The molecule has 1 unspecified atom stereocenters. The standard InChI is InChI=1S/C27H35NO6/c1-19(21-9-7-6-8-10-21)33-23-12-11-22(25(29)31-5)17-24(23)32-18-20-13-15-28(16-14-20)26(30)34-27(2,3)4/h6-12,17,19-20H,13-16,18H2,1-5H3. The molecule has 7 heteroatoms. The van der Waals surface area contributed by atoms with Gasteiger partial charge in [0.05, 0.1) is 19.3 Å². The van der Waals surface area contributed by atoms with Crippen LogP contribution in [0.25, 0.3) is 0 Å². The summed E-state index contributed by atoms with van der Waals surface area (Å²) >= 11 is 0. The van der Waals surface area contributed by atoms with E-state index >= 15 is 0 Å². The zero-order valence-corrected chi connectivity index (χ0v) is 20.7. The number of carbonyl (C=O) groups is 2. The number of methoxy groups -OCH3 is 1. The number of carbonyl (C=O) groups excluding carboxylic acids is 2. The van der Waals surface area contributed by atoms with Gasteiger partial charge in [-0.2, -0.15) is 0 Å². The molecular formula is C27H35NO6. The maximum Gasteiger partial charge on any atom is 0.410 e. The lowest BCUT2D eigenvalue weighted by Gasteiger charge is -2.33. The maximum absolute atomic E-state index is 12.3. The Kier molecular flexibility index (Phi) is 8.42. The molecule has 0 saturated carbocycles. The summed E-state index contributed by atoms with van der Waals surface area (Å²) in [5.41, 5.74) is 0.937. The molecule has 3 rings (SSSR count). The van der Waals surface area contributed by atoms with Gasteiger partial charge in [0.2, 0.25) is 0 Å². The highest BCUT2D eigenvalue weighted by molar-refractivity contribution is 5.90. The average molecular weight is 470 g/mol. The third-order valence-corrected chi connectivity index (χ3v) is 5.68. The number of piperidine rings is 1. The Morgan fingerprint density at radius 1 is 1.03 bits per heavy atom. The summed E-state index contributed by atoms with van der Waals surface area (Å²) in [6, 6.07) is 15.0. The molecule has 34 heavy (non-hydrogen) atoms. The van der Waals surface area contributed by atoms with Crippen LogP contribution in [0, 0.1) is 5.92 Å². The molecule has 1 aliphatic heterocycles. The lowest BCUT2D eigenvalue weighted by molar-refractivity contribution is 0.0164. The van der Waals surface area contributed by atoms with Crippen molar-refractivity contribution in [3.8, 4) is 11.5 Å². The number of likely N-dealkylation sites (tertiary alicyclic amines) is 1. The van der Waals surface area contributed by atoms with Crippen LogP contribution in [0.1, 0.15) is 62.6 Å². The largest absolute Gasteiger partial charge is 0.489 e. The SMILES string of the molecule is COC(=O)c1ccc(OC(C)c2ccccc2)c(OCC2CCN(C(=O)OC(C)(C)C)CC2)c1. The molecule has 2 aromatic rings. The third-order valence-electron chi connectivity index (χ3n) is 5.68. The summed E-state index contributed by atoms with van der Waals surface area (Å²) in [6.45, 7) is 9.28. The van der Waals surface area contributed by atoms with Gasteiger partial charge in [-0.25, -0.2) is 9.59 Å². The van der Waals surface area contributed by atoms with E-state index in [1.807, 2.05) is 58.0 Å². The lowest BCUT2D eigenvalue weighted by Crippen LogP contribution is -2.42. The highest BCUT2D eigenvalue weighted by Crippen LogP contribution is 2.33. The smallest absolute Gasteiger partial charge is 0.410 e. The average Bonchev–Trinajstić information content (AvgIpc) is 2.82. The van der Waals surface area contributed by atoms with E-state index in [0.29, 0.717) is 36.8 Å². The normalized spacial score (nSPS) is 15.4. The number of hydrogen-bond donors (Lipinski definition) is 0. The molecule has 184 valence electrons. The molecule has 1 atom stereocenters. The first-order valence-electron chi connectivity index (χ1n) is 11.7. The molecule has 2 aromatic carbocycles. The van der Waals surface area contributed by atoms with Crippen molar-refractivity contribution >= 4 is 12.1 Å². The molecule has 1 fully saturated rings. The molecule has 1 amide bonds. The quantitative estimate of drug-likeness (QED) is 0.489. The number of ether oxygens (including phenoxy) is 4. The first kappa shape index (κ1) is 25.4. The Balaban J connectivity index is 1.64. The van der Waals surface area contributed by atoms with E-state index in [1.165, 1.54) is 7.11 Å². The highest BCUT2D eigenvalue weighted by Gasteiger charge is 2.27. The van der Waals surface area contributed by atoms with E-state index < -0.39 is 11.6 Å². The summed E-state index contributed by atoms with van der Waals surface area (Å²) in [7, 11) is 1.35. The van der Waals surface area contributed by atoms with Crippen molar-refractivity contribution in [2.75, 3.05) is 26.8 Å². The fraction of sp³-hybridized carbons (Fsp3) is 0.481. The molecule has 0 spiro atoms. The van der Waals surface area contributed by atoms with Crippen LogP contribution in [0.4, 0.5) is 4.79 Å². The van der Waals surface area contributed by atoms with E-state index in [1.54, 1.807) is 23.1 Å². The van der Waals surface area contributed by atoms with Crippen LogP contribution in [0.2, 0.25) is 0 Å². The second-order valence-corrected chi connectivity index (χ2v) is 9.55. The van der Waals surface area contributed by atoms with E-state index in [9.17, 15) is 9.59 Å². The topological polar surface area (TPSA) is 74.3 Å². The third kappa shape index (κ3) is 7.14. The highest BCUT2D eigenvalue weighted by atomic mass is 16.6. The van der Waals surface area contributed by atoms with Crippen LogP contribution in [0.15, 0.2) is 48.5 Å². The zero-order chi connectivity index (χ0) is 24.7. The van der Waals surface area contributed by atoms with Gasteiger partial charge in [0, 0.05) is 13.1 Å². The predicted octanol–water partition coefficient (Wildman–Crippen LogP) is 5.64. The number of hydrogen-bond acceptors (Lipinski definition) is 6. The van der Waals surface area contributed by atoms with Gasteiger partial charge in [-0.1, -0.05) is 30.3 Å². The van der Waals surface area contributed by atoms with Crippen molar-refractivity contribution in [2.24, 2.45) is 5.92 Å². The van der Waals surface area contributed by atoms with Crippen LogP contribution in [-0.4, -0.2) is 49.4 Å². The molecular weight excluding hydrogens is 434 g/mol. The number of benzene rings is 2. The van der Waals surface area contributed by atoms with E-state index in [-0.39, 0.29) is 18.1 Å². The van der Waals surface area contributed by atoms with E-state index in [0.717, 1.165) is 18.4 Å². The molecule has 0 radical (unpaired) electrons. The van der Waals surface area contributed by atoms with Crippen molar-refractivity contribution < 1.29 is 28.5 Å². The van der Waals surface area contributed by atoms with Gasteiger partial charge in [0.25, 0.3) is 0 Å². The lowest BCUT2D eigenvalue weighted by atomic mass is 9.98. The van der Waals surface area contributed by atoms with Crippen LogP contribution in [0.3, 0.4) is 0 Å². The van der Waals surface area contributed by atoms with Crippen LogP contribution >= 0.6 is 0 Å². The zero-order valence-electron chi connectivity index (χ0n) is 20.7. The molecule has 0 aliphatic carbocycles. The number of rotatable bonds is 7. The van der Waals surface area contributed by atoms with Gasteiger partial charge in [0.1, 0.15) is 11.7 Å². The monoisotopic (exact) mass is 469 g/mol. The summed E-state index contributed by atoms with van der Waals surface area (Å²) in [5, 5.41) is 0. The molecule has 7 nitrogen and oxygen atoms in total. The minimum atomic E-state index is -0.505. The van der Waals surface area contributed by atoms with Crippen LogP contribution in [-0.2, 0) is 9.47 Å². The summed E-state index contributed by atoms with van der Waals surface area (Å²) in [6.07, 6.45) is 1.16. The van der Waals surface area contributed by atoms with E-state index in [2.05, 4.69) is 0 Å². The Morgan fingerprint density at radius 2 is 1.71 bits per heavy atom. The Hall–Kier alpha value is -3.22. The van der Waals surface area contributed by atoms with Gasteiger partial charge in [-0.3, -0.25) is 0 Å². The van der Waals surface area contributed by atoms with Gasteiger partial charge < -0.3 is 23.8 Å². The van der Waals surface area contributed by atoms with Gasteiger partial charge >= 0.3 is 12.1 Å². The van der Waals surface area contributed by atoms with Crippen molar-refractivity contribution in [1.82, 2.24) is 4.90 Å². The fourth-order valence-electron chi connectivity index (χ4n) is 3.76. The second-order valence-electron chi connectivity index (χ2n) is 9.55. The molecule has 1 heterocycles. The molecule has 1 aliphatic rings. The maximum atomic E-state index is 12.3. The molecule has 0 aromatic heterocycles. The Labute approximate surface area is 201 Å². The van der Waals surface area contributed by atoms with Crippen molar-refractivity contribution in [1.29, 1.82) is 0 Å². The first-order valence-corrected chi connectivity index (χ1v) is 11.7. The summed E-state index contributed by atoms with van der Waals surface area (Å²) in [4.78, 5) is 26.1. The molecule has 0 N–H and O–H groups in total. The summed E-state index contributed by atoms with van der Waals surface area (Å²) < 4.78 is 22.7. The minimum absolute atomic E-state index is 0.190. The first-order chi connectivity index (χ1) is 16.2. The Bertz CT molecular complexity index is 961. The van der Waals surface area contributed by atoms with E-state index in [4.69, 9.17) is 18.9 Å². The molecule has 0 bridgehead atoms. The van der Waals surface area contributed by atoms with Crippen LogP contribution < -0.4 is 9.47 Å². The van der Waals surface area contributed by atoms with Gasteiger partial charge in [-0.05, 0) is 70.2 Å². The summed E-state index contributed by atoms with van der Waals surface area (Å²) in [5.74, 6) is 0.911. The van der Waals surface area contributed by atoms with Gasteiger partial charge in [-0.15, -0.1) is 0 Å². The predicted molar refractivity (Wildman–Crippen MR) is 129 cm³/mol. The number of nitrogens with zero attached hydrogens (tertiary/aromatic N) is 1. The van der Waals surface area contributed by atoms with Crippen molar-refractivity contribution in [3.05, 3.63) is 59.7 Å². The number of esters is 1.